The van der Waals surface area contributed by atoms with Gasteiger partial charge in [-0.05, 0) is 32.3 Å². The van der Waals surface area contributed by atoms with Crippen LogP contribution in [0.1, 0.15) is 36.5 Å². The Morgan fingerprint density at radius 2 is 2.27 bits per heavy atom. The van der Waals surface area contributed by atoms with Crippen LogP contribution in [0, 0.1) is 0 Å². The molecule has 1 aromatic heterocycles. The molecule has 1 saturated heterocycles. The molecular weight excluding hydrogens is 315 g/mol. The lowest BCUT2D eigenvalue weighted by Gasteiger charge is -2.33. The van der Waals surface area contributed by atoms with Crippen molar-refractivity contribution in [3.63, 3.8) is 0 Å². The summed E-state index contributed by atoms with van der Waals surface area (Å²) in [5.41, 5.74) is -0.349. The van der Waals surface area contributed by atoms with Crippen molar-refractivity contribution in [2.45, 2.75) is 31.8 Å². The summed E-state index contributed by atoms with van der Waals surface area (Å²) in [4.78, 5) is 15.7. The van der Waals surface area contributed by atoms with Gasteiger partial charge in [-0.25, -0.2) is 0 Å². The molecule has 0 aliphatic carbocycles. The average molecular weight is 332 g/mol. The predicted octanol–water partition coefficient (Wildman–Crippen LogP) is 1.36. The summed E-state index contributed by atoms with van der Waals surface area (Å²) in [5.74, 6) is -0.833. The SMILES string of the molecule is CC1(CNC(=O)c2cncc(OS(=O)(=O)F)c2)CCCCO1. The van der Waals surface area contributed by atoms with Crippen LogP contribution in [0.15, 0.2) is 18.5 Å². The van der Waals surface area contributed by atoms with Gasteiger partial charge >= 0.3 is 10.5 Å². The van der Waals surface area contributed by atoms with Crippen LogP contribution >= 0.6 is 0 Å². The van der Waals surface area contributed by atoms with E-state index in [0.717, 1.165) is 31.5 Å². The fraction of sp³-hybridized carbons (Fsp3) is 0.538. The average Bonchev–Trinajstić information content (AvgIpc) is 2.44. The van der Waals surface area contributed by atoms with Crippen LogP contribution in [-0.4, -0.2) is 38.1 Å². The second-order valence-corrected chi connectivity index (χ2v) is 6.28. The summed E-state index contributed by atoms with van der Waals surface area (Å²) < 4.78 is 43.0. The molecule has 1 aromatic rings. The number of amides is 1. The third-order valence-corrected chi connectivity index (χ3v) is 3.74. The van der Waals surface area contributed by atoms with E-state index in [1.165, 1.54) is 6.20 Å². The van der Waals surface area contributed by atoms with Crippen LogP contribution in [0.3, 0.4) is 0 Å². The minimum Gasteiger partial charge on any atom is -0.373 e. The molecule has 0 aromatic carbocycles. The van der Waals surface area contributed by atoms with Gasteiger partial charge in [0.1, 0.15) is 0 Å². The second kappa shape index (κ2) is 6.57. The lowest BCUT2D eigenvalue weighted by atomic mass is 9.96. The van der Waals surface area contributed by atoms with E-state index in [4.69, 9.17) is 4.74 Å². The molecule has 2 rings (SSSR count). The van der Waals surface area contributed by atoms with E-state index in [0.29, 0.717) is 13.2 Å². The fourth-order valence-corrected chi connectivity index (χ4v) is 2.53. The molecule has 0 saturated carbocycles. The Kier molecular flexibility index (Phi) is 4.97. The van der Waals surface area contributed by atoms with Gasteiger partial charge in [0.15, 0.2) is 5.75 Å². The number of carbonyl (C=O) groups excluding carboxylic acids is 1. The highest BCUT2D eigenvalue weighted by Gasteiger charge is 2.28. The molecule has 7 nitrogen and oxygen atoms in total. The zero-order valence-corrected chi connectivity index (χ0v) is 12.9. The van der Waals surface area contributed by atoms with Crippen LogP contribution in [0.25, 0.3) is 0 Å². The Labute approximate surface area is 128 Å². The summed E-state index contributed by atoms with van der Waals surface area (Å²) in [5, 5.41) is 2.70. The Morgan fingerprint density at radius 1 is 1.50 bits per heavy atom. The molecule has 1 amide bonds. The molecular formula is C13H17FN2O5S. The second-order valence-electron chi connectivity index (χ2n) is 5.32. The number of pyridine rings is 1. The van der Waals surface area contributed by atoms with Gasteiger partial charge in [-0.2, -0.15) is 8.42 Å². The molecule has 1 atom stereocenters. The number of nitrogens with zero attached hydrogens (tertiary/aromatic N) is 1. The van der Waals surface area contributed by atoms with Crippen LogP contribution in [0.2, 0.25) is 0 Å². The van der Waals surface area contributed by atoms with Gasteiger partial charge in [-0.15, -0.1) is 0 Å². The fourth-order valence-electron chi connectivity index (χ4n) is 2.20. The summed E-state index contributed by atoms with van der Waals surface area (Å²) in [6.45, 7) is 2.89. The lowest BCUT2D eigenvalue weighted by molar-refractivity contribution is -0.0618. The normalized spacial score (nSPS) is 22.1. The summed E-state index contributed by atoms with van der Waals surface area (Å²) in [6, 6.07) is 1.10. The van der Waals surface area contributed by atoms with Crippen molar-refractivity contribution in [3.05, 3.63) is 24.0 Å². The van der Waals surface area contributed by atoms with Crippen LogP contribution in [-0.2, 0) is 15.2 Å². The summed E-state index contributed by atoms with van der Waals surface area (Å²) in [6.07, 6.45) is 5.11. The number of rotatable bonds is 5. The van der Waals surface area contributed by atoms with Crippen LogP contribution in [0.4, 0.5) is 3.89 Å². The first-order valence-electron chi connectivity index (χ1n) is 6.79. The molecule has 9 heteroatoms. The van der Waals surface area contributed by atoms with E-state index in [1.54, 1.807) is 0 Å². The standard InChI is InChI=1S/C13H17FN2O5S/c1-13(4-2-3-5-20-13)9-16-12(17)10-6-11(8-15-7-10)21-22(14,18)19/h6-8H,2-5,9H2,1H3,(H,16,17). The molecule has 1 fully saturated rings. The highest BCUT2D eigenvalue weighted by Crippen LogP contribution is 2.23. The highest BCUT2D eigenvalue weighted by atomic mass is 32.3. The quantitative estimate of drug-likeness (QED) is 0.818. The largest absolute Gasteiger partial charge is 0.488 e. The molecule has 0 radical (unpaired) electrons. The van der Waals surface area contributed by atoms with Crippen LogP contribution in [0.5, 0.6) is 5.75 Å². The molecule has 22 heavy (non-hydrogen) atoms. The maximum Gasteiger partial charge on any atom is 0.488 e. The number of ether oxygens (including phenoxy) is 1. The minimum atomic E-state index is -5.15. The third-order valence-electron chi connectivity index (χ3n) is 3.34. The number of aromatic nitrogens is 1. The van der Waals surface area contributed by atoms with E-state index >= 15 is 0 Å². The summed E-state index contributed by atoms with van der Waals surface area (Å²) in [7, 11) is -5.15. The summed E-state index contributed by atoms with van der Waals surface area (Å²) >= 11 is 0. The molecule has 1 aliphatic heterocycles. The predicted molar refractivity (Wildman–Crippen MR) is 75.4 cm³/mol. The van der Waals surface area contributed by atoms with Gasteiger partial charge in [-0.1, -0.05) is 3.89 Å². The van der Waals surface area contributed by atoms with Crippen molar-refractivity contribution >= 4 is 16.4 Å². The van der Waals surface area contributed by atoms with E-state index in [-0.39, 0.29) is 11.3 Å². The van der Waals surface area contributed by atoms with Crippen molar-refractivity contribution < 1.29 is 26.0 Å². The molecule has 1 unspecified atom stereocenters. The van der Waals surface area contributed by atoms with Crippen LogP contribution < -0.4 is 9.50 Å². The molecule has 2 heterocycles. The highest BCUT2D eigenvalue weighted by molar-refractivity contribution is 7.81. The number of hydrogen-bond donors (Lipinski definition) is 1. The van der Waals surface area contributed by atoms with E-state index < -0.39 is 22.0 Å². The van der Waals surface area contributed by atoms with Gasteiger partial charge in [0.2, 0.25) is 0 Å². The van der Waals surface area contributed by atoms with E-state index in [1.807, 2.05) is 6.92 Å². The molecule has 1 N–H and O–H groups in total. The van der Waals surface area contributed by atoms with Gasteiger partial charge in [-0.3, -0.25) is 9.78 Å². The van der Waals surface area contributed by atoms with Crippen molar-refractivity contribution in [1.29, 1.82) is 0 Å². The maximum atomic E-state index is 12.5. The smallest absolute Gasteiger partial charge is 0.373 e. The number of halogens is 1. The Bertz CT molecular complexity index is 644. The Morgan fingerprint density at radius 3 is 2.91 bits per heavy atom. The topological polar surface area (TPSA) is 94.6 Å². The first kappa shape index (κ1) is 16.6. The van der Waals surface area contributed by atoms with Gasteiger partial charge in [0.25, 0.3) is 5.91 Å². The van der Waals surface area contributed by atoms with Crippen molar-refractivity contribution in [1.82, 2.24) is 10.3 Å². The third kappa shape index (κ3) is 4.92. The van der Waals surface area contributed by atoms with Gasteiger partial charge in [0, 0.05) is 19.3 Å². The molecule has 0 bridgehead atoms. The first-order chi connectivity index (χ1) is 10.3. The van der Waals surface area contributed by atoms with E-state index in [9.17, 15) is 17.1 Å². The first-order valence-corrected chi connectivity index (χ1v) is 8.10. The molecule has 1 aliphatic rings. The number of nitrogens with one attached hydrogen (secondary N) is 1. The zero-order chi connectivity index (χ0) is 16.2. The van der Waals surface area contributed by atoms with Gasteiger partial charge in [0.05, 0.1) is 17.4 Å². The van der Waals surface area contributed by atoms with Gasteiger partial charge < -0.3 is 14.2 Å². The Balaban J connectivity index is 1.99. The van der Waals surface area contributed by atoms with E-state index in [2.05, 4.69) is 14.5 Å². The molecule has 122 valence electrons. The minimum absolute atomic E-state index is 0.0700. The molecule has 0 spiro atoms. The zero-order valence-electron chi connectivity index (χ0n) is 12.0. The van der Waals surface area contributed by atoms with Crippen molar-refractivity contribution in [2.75, 3.05) is 13.2 Å². The maximum absolute atomic E-state index is 12.5. The van der Waals surface area contributed by atoms with Crippen molar-refractivity contribution in [2.24, 2.45) is 0 Å². The monoisotopic (exact) mass is 332 g/mol. The lowest BCUT2D eigenvalue weighted by Crippen LogP contribution is -2.44. The van der Waals surface area contributed by atoms with Crippen molar-refractivity contribution in [3.8, 4) is 5.75 Å². The number of carbonyl (C=O) groups is 1. The Hall–Kier alpha value is -1.74. The number of hydrogen-bond acceptors (Lipinski definition) is 6.